The normalized spacial score (nSPS) is 12.2. The molecule has 0 radical (unpaired) electrons. The number of methoxy groups -OCH3 is 1. The van der Waals surface area contributed by atoms with Crippen molar-refractivity contribution in [1.82, 2.24) is 10.2 Å². The lowest BCUT2D eigenvalue weighted by atomic mass is 10.0. The first kappa shape index (κ1) is 12.4. The molecular weight excluding hydrogens is 233 g/mol. The summed E-state index contributed by atoms with van der Waals surface area (Å²) in [6.07, 6.45) is 0. The largest absolute Gasteiger partial charge is 0.480 e. The van der Waals surface area contributed by atoms with Gasteiger partial charge in [-0.3, -0.25) is 0 Å². The van der Waals surface area contributed by atoms with Gasteiger partial charge >= 0.3 is 0 Å². The summed E-state index contributed by atoms with van der Waals surface area (Å²) in [4.78, 5) is 0. The first-order valence-electron chi connectivity index (χ1n) is 5.51. The van der Waals surface area contributed by atoms with Gasteiger partial charge in [0.15, 0.2) is 0 Å². The van der Waals surface area contributed by atoms with E-state index in [-0.39, 0.29) is 5.82 Å². The zero-order valence-electron chi connectivity index (χ0n) is 10.2. The van der Waals surface area contributed by atoms with Gasteiger partial charge in [-0.05, 0) is 30.2 Å². The molecule has 1 atom stereocenters. The summed E-state index contributed by atoms with van der Waals surface area (Å²) in [7, 11) is 1.51. The molecule has 1 heterocycles. The third-order valence-corrected chi connectivity index (χ3v) is 2.74. The number of ether oxygens (including phenoxy) is 1. The molecule has 1 aromatic heterocycles. The molecule has 2 aromatic rings. The molecule has 94 valence electrons. The van der Waals surface area contributed by atoms with Gasteiger partial charge in [0.2, 0.25) is 5.88 Å². The minimum absolute atomic E-state index is 0.274. The monoisotopic (exact) mass is 247 g/mol. The van der Waals surface area contributed by atoms with Crippen LogP contribution in [0.5, 0.6) is 5.88 Å². The number of aromatic nitrogens is 2. The lowest BCUT2D eigenvalue weighted by Crippen LogP contribution is -2.14. The molecule has 0 saturated carbocycles. The van der Waals surface area contributed by atoms with Crippen LogP contribution in [0.15, 0.2) is 30.3 Å². The molecule has 4 nitrogen and oxygen atoms in total. The number of halogens is 1. The van der Waals surface area contributed by atoms with Gasteiger partial charge in [0.05, 0.1) is 18.8 Å². The van der Waals surface area contributed by atoms with Crippen LogP contribution < -0.4 is 10.5 Å². The Balaban J connectivity index is 2.28. The van der Waals surface area contributed by atoms with E-state index in [1.54, 1.807) is 31.2 Å². The topological polar surface area (TPSA) is 61.0 Å². The SMILES string of the molecule is COc1ccc(C(N)c2ccc(C)c(F)c2)nn1. The van der Waals surface area contributed by atoms with Crippen LogP contribution >= 0.6 is 0 Å². The molecule has 0 amide bonds. The van der Waals surface area contributed by atoms with Gasteiger partial charge in [-0.1, -0.05) is 12.1 Å². The van der Waals surface area contributed by atoms with Crippen LogP contribution in [0.1, 0.15) is 22.9 Å². The molecule has 0 fully saturated rings. The zero-order chi connectivity index (χ0) is 13.1. The highest BCUT2D eigenvalue weighted by Gasteiger charge is 2.12. The van der Waals surface area contributed by atoms with E-state index in [2.05, 4.69) is 10.2 Å². The van der Waals surface area contributed by atoms with E-state index in [1.165, 1.54) is 13.2 Å². The van der Waals surface area contributed by atoms with Gasteiger partial charge in [0.1, 0.15) is 5.82 Å². The van der Waals surface area contributed by atoms with Crippen LogP contribution in [-0.4, -0.2) is 17.3 Å². The smallest absolute Gasteiger partial charge is 0.233 e. The second-order valence-corrected chi connectivity index (χ2v) is 3.99. The molecule has 1 aromatic carbocycles. The Morgan fingerprint density at radius 3 is 2.56 bits per heavy atom. The van der Waals surface area contributed by atoms with E-state index in [1.807, 2.05) is 0 Å². The van der Waals surface area contributed by atoms with Crippen molar-refractivity contribution in [2.24, 2.45) is 5.73 Å². The second-order valence-electron chi connectivity index (χ2n) is 3.99. The first-order chi connectivity index (χ1) is 8.61. The highest BCUT2D eigenvalue weighted by Crippen LogP contribution is 2.20. The van der Waals surface area contributed by atoms with Gasteiger partial charge in [-0.25, -0.2) is 4.39 Å². The summed E-state index contributed by atoms with van der Waals surface area (Å²) in [5.74, 6) is 0.144. The summed E-state index contributed by atoms with van der Waals surface area (Å²) in [5, 5.41) is 7.79. The molecule has 0 saturated heterocycles. The lowest BCUT2D eigenvalue weighted by molar-refractivity contribution is 0.390. The molecule has 0 spiro atoms. The number of hydrogen-bond acceptors (Lipinski definition) is 4. The number of benzene rings is 1. The average Bonchev–Trinajstić information content (AvgIpc) is 2.41. The average molecular weight is 247 g/mol. The van der Waals surface area contributed by atoms with Crippen molar-refractivity contribution in [3.05, 3.63) is 53.0 Å². The molecule has 0 aliphatic rings. The quantitative estimate of drug-likeness (QED) is 0.900. The Morgan fingerprint density at radius 2 is 2.00 bits per heavy atom. The Labute approximate surface area is 105 Å². The maximum atomic E-state index is 13.5. The van der Waals surface area contributed by atoms with Crippen molar-refractivity contribution in [1.29, 1.82) is 0 Å². The molecule has 2 N–H and O–H groups in total. The van der Waals surface area contributed by atoms with Gasteiger partial charge in [0, 0.05) is 6.07 Å². The van der Waals surface area contributed by atoms with E-state index in [4.69, 9.17) is 10.5 Å². The second kappa shape index (κ2) is 5.10. The summed E-state index contributed by atoms with van der Waals surface area (Å²) in [6.45, 7) is 1.71. The Kier molecular flexibility index (Phi) is 3.53. The Bertz CT molecular complexity index is 542. The number of nitrogens with two attached hydrogens (primary N) is 1. The van der Waals surface area contributed by atoms with Gasteiger partial charge in [-0.15, -0.1) is 10.2 Å². The van der Waals surface area contributed by atoms with Crippen LogP contribution in [0.25, 0.3) is 0 Å². The highest BCUT2D eigenvalue weighted by molar-refractivity contribution is 5.30. The van der Waals surface area contributed by atoms with E-state index in [0.717, 1.165) is 0 Å². The van der Waals surface area contributed by atoms with Crippen LogP contribution in [0.2, 0.25) is 0 Å². The van der Waals surface area contributed by atoms with Crippen molar-refractivity contribution >= 4 is 0 Å². The van der Waals surface area contributed by atoms with E-state index in [0.29, 0.717) is 22.7 Å². The predicted octanol–water partition coefficient (Wildman–Crippen LogP) is 1.98. The molecule has 0 aliphatic heterocycles. The number of aryl methyl sites for hydroxylation is 1. The standard InChI is InChI=1S/C13H14FN3O/c1-8-3-4-9(7-10(8)14)13(15)11-5-6-12(18-2)17-16-11/h3-7,13H,15H2,1-2H3. The molecule has 2 rings (SSSR count). The third-order valence-electron chi connectivity index (χ3n) is 2.74. The van der Waals surface area contributed by atoms with E-state index >= 15 is 0 Å². The molecule has 0 aliphatic carbocycles. The lowest BCUT2D eigenvalue weighted by Gasteiger charge is -2.11. The molecule has 5 heteroatoms. The number of rotatable bonds is 3. The van der Waals surface area contributed by atoms with Crippen LogP contribution in [0.3, 0.4) is 0 Å². The van der Waals surface area contributed by atoms with Gasteiger partial charge in [-0.2, -0.15) is 0 Å². The van der Waals surface area contributed by atoms with Gasteiger partial charge in [0.25, 0.3) is 0 Å². The van der Waals surface area contributed by atoms with E-state index < -0.39 is 6.04 Å². The first-order valence-corrected chi connectivity index (χ1v) is 5.51. The zero-order valence-corrected chi connectivity index (χ0v) is 10.2. The van der Waals surface area contributed by atoms with Crippen molar-refractivity contribution in [3.8, 4) is 5.88 Å². The minimum Gasteiger partial charge on any atom is -0.480 e. The molecule has 1 unspecified atom stereocenters. The fraction of sp³-hybridized carbons (Fsp3) is 0.231. The van der Waals surface area contributed by atoms with Gasteiger partial charge < -0.3 is 10.5 Å². The third kappa shape index (κ3) is 2.46. The fourth-order valence-corrected chi connectivity index (χ4v) is 1.58. The molecule has 18 heavy (non-hydrogen) atoms. The predicted molar refractivity (Wildman–Crippen MR) is 65.8 cm³/mol. The number of nitrogens with zero attached hydrogens (tertiary/aromatic N) is 2. The Morgan fingerprint density at radius 1 is 1.22 bits per heavy atom. The summed E-state index contributed by atoms with van der Waals surface area (Å²) >= 11 is 0. The highest BCUT2D eigenvalue weighted by atomic mass is 19.1. The summed E-state index contributed by atoms with van der Waals surface area (Å²) in [6, 6.07) is 7.79. The van der Waals surface area contributed by atoms with Crippen molar-refractivity contribution in [2.45, 2.75) is 13.0 Å². The summed E-state index contributed by atoms with van der Waals surface area (Å²) < 4.78 is 18.4. The van der Waals surface area contributed by atoms with Crippen LogP contribution in [0, 0.1) is 12.7 Å². The Hall–Kier alpha value is -2.01. The fourth-order valence-electron chi connectivity index (χ4n) is 1.58. The van der Waals surface area contributed by atoms with Crippen molar-refractivity contribution in [2.75, 3.05) is 7.11 Å². The molecule has 0 bridgehead atoms. The van der Waals surface area contributed by atoms with Crippen molar-refractivity contribution < 1.29 is 9.13 Å². The maximum absolute atomic E-state index is 13.5. The van der Waals surface area contributed by atoms with Crippen LogP contribution in [0.4, 0.5) is 4.39 Å². The maximum Gasteiger partial charge on any atom is 0.233 e. The number of hydrogen-bond donors (Lipinski definition) is 1. The van der Waals surface area contributed by atoms with Crippen LogP contribution in [-0.2, 0) is 0 Å². The van der Waals surface area contributed by atoms with Crippen molar-refractivity contribution in [3.63, 3.8) is 0 Å². The molecular formula is C13H14FN3O. The minimum atomic E-state index is -0.501. The van der Waals surface area contributed by atoms with E-state index in [9.17, 15) is 4.39 Å². The summed E-state index contributed by atoms with van der Waals surface area (Å²) in [5.41, 5.74) is 7.84.